The smallest absolute Gasteiger partial charge is 0.323 e. The van der Waals surface area contributed by atoms with Gasteiger partial charge < -0.3 is 14.4 Å². The quantitative estimate of drug-likeness (QED) is 0.373. The molecule has 0 saturated heterocycles. The molecule has 0 aliphatic carbocycles. The molecule has 0 aliphatic heterocycles. The maximum Gasteiger partial charge on any atom is 0.323 e. The number of para-hydroxylation sites is 1. The second-order valence-electron chi connectivity index (χ2n) is 6.14. The summed E-state index contributed by atoms with van der Waals surface area (Å²) in [6.07, 6.45) is 2.20. The predicted octanol–water partition coefficient (Wildman–Crippen LogP) is 3.52. The molecule has 25 heavy (non-hydrogen) atoms. The fourth-order valence-electron chi connectivity index (χ4n) is 2.02. The molecule has 1 rings (SSSR count). The van der Waals surface area contributed by atoms with Gasteiger partial charge in [-0.15, -0.1) is 0 Å². The highest BCUT2D eigenvalue weighted by atomic mass is 31.2. The van der Waals surface area contributed by atoms with Crippen LogP contribution in [0.4, 0.5) is 0 Å². The summed E-state index contributed by atoms with van der Waals surface area (Å²) >= 11 is 0. The first-order valence-electron chi connectivity index (χ1n) is 8.34. The third-order valence-corrected chi connectivity index (χ3v) is 5.39. The van der Waals surface area contributed by atoms with Crippen LogP contribution in [0.15, 0.2) is 42.0 Å². The van der Waals surface area contributed by atoms with E-state index in [1.54, 1.807) is 58.0 Å². The normalized spacial score (nSPS) is 15.5. The van der Waals surface area contributed by atoms with Crippen molar-refractivity contribution < 1.29 is 23.7 Å². The van der Waals surface area contributed by atoms with Gasteiger partial charge >= 0.3 is 13.5 Å². The molecule has 0 radical (unpaired) electrons. The number of carbonyl (C=O) groups excluding carboxylic acids is 1. The number of hydrogen-bond acceptors (Lipinski definition) is 5. The zero-order valence-electron chi connectivity index (χ0n) is 15.3. The topological polar surface area (TPSA) is 84.9 Å². The highest BCUT2D eigenvalue weighted by molar-refractivity contribution is 7.57. The summed E-state index contributed by atoms with van der Waals surface area (Å²) in [4.78, 5) is 12.0. The number of allylic oxidation sites excluding steroid dienone is 1. The first kappa shape index (κ1) is 21.4. The molecule has 140 valence electrons. The molecule has 2 atom stereocenters. The predicted molar refractivity (Wildman–Crippen MR) is 98.8 cm³/mol. The molecule has 7 heteroatoms. The van der Waals surface area contributed by atoms with Gasteiger partial charge in [-0.3, -0.25) is 9.36 Å². The van der Waals surface area contributed by atoms with Crippen LogP contribution in [-0.4, -0.2) is 36.0 Å². The van der Waals surface area contributed by atoms with Crippen LogP contribution in [0.3, 0.4) is 0 Å². The van der Waals surface area contributed by atoms with Gasteiger partial charge in [-0.25, -0.2) is 5.09 Å². The van der Waals surface area contributed by atoms with Crippen LogP contribution in [0.5, 0.6) is 5.75 Å². The van der Waals surface area contributed by atoms with E-state index < -0.39 is 19.5 Å². The van der Waals surface area contributed by atoms with Crippen molar-refractivity contribution in [3.8, 4) is 5.75 Å². The molecule has 6 nitrogen and oxygen atoms in total. The summed E-state index contributed by atoms with van der Waals surface area (Å²) in [5.74, 6) is -0.0143. The Morgan fingerprint density at radius 2 is 1.92 bits per heavy atom. The van der Waals surface area contributed by atoms with Gasteiger partial charge in [-0.1, -0.05) is 29.8 Å². The Labute approximate surface area is 149 Å². The second kappa shape index (κ2) is 10.4. The lowest BCUT2D eigenvalue weighted by molar-refractivity contribution is -0.149. The first-order chi connectivity index (χ1) is 11.8. The van der Waals surface area contributed by atoms with Gasteiger partial charge in [0.05, 0.1) is 18.9 Å². The largest absolute Gasteiger partial charge is 0.462 e. The van der Waals surface area contributed by atoms with Gasteiger partial charge in [-0.05, 0) is 46.2 Å². The molecule has 0 spiro atoms. The van der Waals surface area contributed by atoms with Gasteiger partial charge in [0.1, 0.15) is 11.8 Å². The number of esters is 1. The van der Waals surface area contributed by atoms with Crippen molar-refractivity contribution in [2.75, 3.05) is 12.8 Å². The Hall–Kier alpha value is -1.62. The molecule has 0 amide bonds. The molecule has 1 aromatic rings. The average molecular weight is 369 g/mol. The second-order valence-corrected chi connectivity index (χ2v) is 8.37. The minimum atomic E-state index is -3.34. The van der Waals surface area contributed by atoms with Crippen molar-refractivity contribution in [3.63, 3.8) is 0 Å². The average Bonchev–Trinajstić information content (AvgIpc) is 2.54. The van der Waals surface area contributed by atoms with Crippen molar-refractivity contribution >= 4 is 13.5 Å². The first-order valence-corrected chi connectivity index (χ1v) is 10.1. The molecular weight excluding hydrogens is 341 g/mol. The van der Waals surface area contributed by atoms with E-state index >= 15 is 0 Å². The van der Waals surface area contributed by atoms with E-state index in [1.165, 1.54) is 0 Å². The van der Waals surface area contributed by atoms with Crippen LogP contribution in [0, 0.1) is 0 Å². The number of carbonyl (C=O) groups is 1. The standard InChI is InChI=1S/C18H28NO5P/c1-14(2)23-18(21)16(4)19-25(22,12-8-9-15(3)13-20)24-17-10-6-5-7-11-17/h5-7,9-11,14,16,20H,8,12-13H2,1-4H3,(H,19,22)/b15-9+/t16-,25?/m0/s1. The highest BCUT2D eigenvalue weighted by Gasteiger charge is 2.30. The van der Waals surface area contributed by atoms with Gasteiger partial charge in [0.2, 0.25) is 0 Å². The summed E-state index contributed by atoms with van der Waals surface area (Å²) < 4.78 is 24.1. The van der Waals surface area contributed by atoms with E-state index in [-0.39, 0.29) is 18.9 Å². The number of rotatable bonds is 10. The van der Waals surface area contributed by atoms with Crippen molar-refractivity contribution in [3.05, 3.63) is 42.0 Å². The van der Waals surface area contributed by atoms with Crippen LogP contribution in [0.25, 0.3) is 0 Å². The maximum absolute atomic E-state index is 13.2. The molecule has 0 aliphatic rings. The molecule has 2 N–H and O–H groups in total. The summed E-state index contributed by atoms with van der Waals surface area (Å²) in [5.41, 5.74) is 0.790. The molecule has 0 bridgehead atoms. The molecule has 0 saturated carbocycles. The summed E-state index contributed by atoms with van der Waals surface area (Å²) in [7, 11) is -3.34. The Morgan fingerprint density at radius 1 is 1.28 bits per heavy atom. The number of hydrogen-bond donors (Lipinski definition) is 2. The third kappa shape index (κ3) is 8.34. The summed E-state index contributed by atoms with van der Waals surface area (Å²) in [5, 5.41) is 11.9. The van der Waals surface area contributed by atoms with Gasteiger partial charge in [0, 0.05) is 0 Å². The Kier molecular flexibility index (Phi) is 8.90. The number of aliphatic hydroxyl groups is 1. The lowest BCUT2D eigenvalue weighted by atomic mass is 10.3. The Balaban J connectivity index is 2.86. The summed E-state index contributed by atoms with van der Waals surface area (Å²) in [6.45, 7) is 6.86. The number of aliphatic hydroxyl groups excluding tert-OH is 1. The van der Waals surface area contributed by atoms with Crippen LogP contribution in [-0.2, 0) is 14.1 Å². The fourth-order valence-corrected chi connectivity index (χ4v) is 3.92. The van der Waals surface area contributed by atoms with Crippen LogP contribution < -0.4 is 9.61 Å². The van der Waals surface area contributed by atoms with Gasteiger partial charge in [0.25, 0.3) is 0 Å². The van der Waals surface area contributed by atoms with E-state index in [4.69, 9.17) is 14.4 Å². The van der Waals surface area contributed by atoms with E-state index in [0.29, 0.717) is 12.2 Å². The Bertz CT molecular complexity index is 615. The van der Waals surface area contributed by atoms with E-state index in [0.717, 1.165) is 5.57 Å². The zero-order valence-corrected chi connectivity index (χ0v) is 16.2. The van der Waals surface area contributed by atoms with E-state index in [1.807, 2.05) is 6.07 Å². The third-order valence-electron chi connectivity index (χ3n) is 3.26. The van der Waals surface area contributed by atoms with Crippen LogP contribution >= 0.6 is 7.52 Å². The number of benzene rings is 1. The number of nitrogens with one attached hydrogen (secondary N) is 1. The molecular formula is C18H28NO5P. The van der Waals surface area contributed by atoms with E-state index in [2.05, 4.69) is 5.09 Å². The van der Waals surface area contributed by atoms with Gasteiger partial charge in [-0.2, -0.15) is 0 Å². The molecule has 0 fully saturated rings. The van der Waals surface area contributed by atoms with E-state index in [9.17, 15) is 9.36 Å². The lowest BCUT2D eigenvalue weighted by Crippen LogP contribution is -2.36. The van der Waals surface area contributed by atoms with Crippen LogP contribution in [0.2, 0.25) is 0 Å². The Morgan fingerprint density at radius 3 is 2.48 bits per heavy atom. The van der Waals surface area contributed by atoms with Gasteiger partial charge in [0.15, 0.2) is 0 Å². The summed E-state index contributed by atoms with van der Waals surface area (Å²) in [6, 6.07) is 8.05. The van der Waals surface area contributed by atoms with Crippen molar-refractivity contribution in [1.82, 2.24) is 5.09 Å². The maximum atomic E-state index is 13.2. The monoisotopic (exact) mass is 369 g/mol. The van der Waals surface area contributed by atoms with Crippen molar-refractivity contribution in [2.24, 2.45) is 0 Å². The molecule has 1 aromatic carbocycles. The zero-order chi connectivity index (χ0) is 18.9. The molecule has 1 unspecified atom stereocenters. The fraction of sp³-hybridized carbons (Fsp3) is 0.500. The minimum absolute atomic E-state index is 0.0472. The molecule has 0 aromatic heterocycles. The lowest BCUT2D eigenvalue weighted by Gasteiger charge is -2.24. The van der Waals surface area contributed by atoms with Crippen molar-refractivity contribution in [2.45, 2.75) is 46.3 Å². The minimum Gasteiger partial charge on any atom is -0.462 e. The SMILES string of the molecule is C/C(=C\CCP(=O)(N[C@@H](C)C(=O)OC(C)C)Oc1ccccc1)CO. The van der Waals surface area contributed by atoms with Crippen molar-refractivity contribution in [1.29, 1.82) is 0 Å². The van der Waals surface area contributed by atoms with Crippen LogP contribution in [0.1, 0.15) is 34.1 Å². The molecule has 0 heterocycles. The highest BCUT2D eigenvalue weighted by Crippen LogP contribution is 2.44. The number of ether oxygens (including phenoxy) is 1.